The van der Waals surface area contributed by atoms with Gasteiger partial charge in [0.15, 0.2) is 5.69 Å². The van der Waals surface area contributed by atoms with E-state index in [2.05, 4.69) is 0 Å². The van der Waals surface area contributed by atoms with Crippen molar-refractivity contribution in [3.8, 4) is 11.5 Å². The highest BCUT2D eigenvalue weighted by molar-refractivity contribution is 7.91. The number of hydrogen-bond donors (Lipinski definition) is 1. The minimum absolute atomic E-state index is 0.00407. The average molecular weight is 434 g/mol. The molecular formula is C21H25N2O4S2+. The SMILES string of the molecule is CCS(=O)(=O)[N+]1(c2cccc(Oc3ccc(S(C)=O)cc3)c2)C=C(CN)C=CC1. The third-order valence-electron chi connectivity index (χ3n) is 4.83. The zero-order valence-corrected chi connectivity index (χ0v) is 18.1. The van der Waals surface area contributed by atoms with Crippen LogP contribution in [0.25, 0.3) is 0 Å². The van der Waals surface area contributed by atoms with Gasteiger partial charge in [-0.3, -0.25) is 4.21 Å². The molecule has 1 aliphatic rings. The molecule has 2 aromatic carbocycles. The molecule has 3 rings (SSSR count). The minimum atomic E-state index is -3.52. The van der Waals surface area contributed by atoms with Crippen molar-refractivity contribution in [2.75, 3.05) is 25.1 Å². The molecule has 0 aromatic heterocycles. The lowest BCUT2D eigenvalue weighted by molar-refractivity contribution is 0.478. The van der Waals surface area contributed by atoms with E-state index < -0.39 is 20.8 Å². The Hall–Kier alpha value is -2.26. The maximum absolute atomic E-state index is 13.1. The van der Waals surface area contributed by atoms with Crippen LogP contribution in [-0.4, -0.2) is 37.7 Å². The summed E-state index contributed by atoms with van der Waals surface area (Å²) in [7, 11) is -4.58. The Labute approximate surface area is 174 Å². The summed E-state index contributed by atoms with van der Waals surface area (Å²) in [5, 5.41) is 0. The van der Waals surface area contributed by atoms with Crippen molar-refractivity contribution >= 4 is 26.5 Å². The molecule has 154 valence electrons. The van der Waals surface area contributed by atoms with Crippen LogP contribution in [0, 0.1) is 0 Å². The second-order valence-corrected chi connectivity index (χ2v) is 10.5. The van der Waals surface area contributed by atoms with Gasteiger partial charge in [0, 0.05) is 46.2 Å². The first kappa shape index (κ1) is 21.4. The van der Waals surface area contributed by atoms with Crippen molar-refractivity contribution in [3.63, 3.8) is 0 Å². The molecule has 0 spiro atoms. The van der Waals surface area contributed by atoms with Crippen molar-refractivity contribution in [2.24, 2.45) is 5.73 Å². The Morgan fingerprint density at radius 2 is 1.86 bits per heavy atom. The second-order valence-electron chi connectivity index (χ2n) is 6.68. The zero-order valence-electron chi connectivity index (χ0n) is 16.4. The van der Waals surface area contributed by atoms with Crippen molar-refractivity contribution in [1.29, 1.82) is 0 Å². The van der Waals surface area contributed by atoms with Crippen LogP contribution in [0.1, 0.15) is 6.92 Å². The third kappa shape index (κ3) is 4.35. The minimum Gasteiger partial charge on any atom is -0.457 e. The van der Waals surface area contributed by atoms with E-state index in [-0.39, 0.29) is 16.2 Å². The third-order valence-corrected chi connectivity index (χ3v) is 7.95. The fraction of sp³-hybridized carbons (Fsp3) is 0.238. The highest BCUT2D eigenvalue weighted by Gasteiger charge is 2.42. The number of sulfonamides is 1. The fourth-order valence-electron chi connectivity index (χ4n) is 3.23. The first-order chi connectivity index (χ1) is 13.8. The molecule has 1 heterocycles. The van der Waals surface area contributed by atoms with Gasteiger partial charge in [0.05, 0.1) is 5.75 Å². The van der Waals surface area contributed by atoms with Crippen molar-refractivity contribution in [2.45, 2.75) is 11.8 Å². The lowest BCUT2D eigenvalue weighted by atomic mass is 10.2. The Kier molecular flexibility index (Phi) is 6.38. The molecule has 6 nitrogen and oxygen atoms in total. The van der Waals surface area contributed by atoms with Gasteiger partial charge in [0.25, 0.3) is 0 Å². The van der Waals surface area contributed by atoms with Gasteiger partial charge in [-0.05, 0) is 43.3 Å². The summed E-state index contributed by atoms with van der Waals surface area (Å²) in [5.74, 6) is 1.10. The number of ether oxygens (including phenoxy) is 1. The van der Waals surface area contributed by atoms with Crippen molar-refractivity contribution in [1.82, 2.24) is 3.89 Å². The quantitative estimate of drug-likeness (QED) is 0.677. The number of hydrogen-bond acceptors (Lipinski definition) is 5. The summed E-state index contributed by atoms with van der Waals surface area (Å²) < 4.78 is 43.3. The van der Waals surface area contributed by atoms with Crippen LogP contribution < -0.4 is 14.4 Å². The zero-order chi connectivity index (χ0) is 21.1. The lowest BCUT2D eigenvalue weighted by Gasteiger charge is -2.34. The molecule has 29 heavy (non-hydrogen) atoms. The van der Waals surface area contributed by atoms with Gasteiger partial charge >= 0.3 is 10.0 Å². The van der Waals surface area contributed by atoms with Crippen LogP contribution >= 0.6 is 0 Å². The molecule has 0 saturated carbocycles. The molecule has 0 amide bonds. The molecule has 2 N–H and O–H groups in total. The second kappa shape index (κ2) is 8.62. The van der Waals surface area contributed by atoms with E-state index in [1.54, 1.807) is 67.9 Å². The van der Waals surface area contributed by atoms with Crippen LogP contribution in [0.5, 0.6) is 11.5 Å². The van der Waals surface area contributed by atoms with Crippen LogP contribution in [0.15, 0.2) is 77.4 Å². The van der Waals surface area contributed by atoms with E-state index in [0.717, 1.165) is 5.57 Å². The Morgan fingerprint density at radius 3 is 2.48 bits per heavy atom. The molecule has 0 bridgehead atoms. The monoisotopic (exact) mass is 433 g/mol. The molecule has 0 radical (unpaired) electrons. The number of rotatable bonds is 7. The van der Waals surface area contributed by atoms with Crippen LogP contribution in [0.2, 0.25) is 0 Å². The highest BCUT2D eigenvalue weighted by Crippen LogP contribution is 2.35. The molecule has 2 atom stereocenters. The van der Waals surface area contributed by atoms with Crippen LogP contribution in [0.4, 0.5) is 5.69 Å². The normalized spacial score (nSPS) is 20.2. The summed E-state index contributed by atoms with van der Waals surface area (Å²) in [6.07, 6.45) is 7.03. The van der Waals surface area contributed by atoms with Gasteiger partial charge in [-0.1, -0.05) is 12.1 Å². The van der Waals surface area contributed by atoms with Crippen LogP contribution in [-0.2, 0) is 20.8 Å². The van der Waals surface area contributed by atoms with Gasteiger partial charge in [-0.25, -0.2) is 0 Å². The summed E-state index contributed by atoms with van der Waals surface area (Å²) in [4.78, 5) is 0.712. The summed E-state index contributed by atoms with van der Waals surface area (Å²) in [6.45, 7) is 2.19. The maximum Gasteiger partial charge on any atom is 0.306 e. The molecule has 2 aromatic rings. The van der Waals surface area contributed by atoms with Gasteiger partial charge in [0.2, 0.25) is 0 Å². The summed E-state index contributed by atoms with van der Waals surface area (Å²) >= 11 is 0. The summed E-state index contributed by atoms with van der Waals surface area (Å²) in [6, 6.07) is 14.1. The fourth-order valence-corrected chi connectivity index (χ4v) is 5.25. The smallest absolute Gasteiger partial charge is 0.306 e. The topological polar surface area (TPSA) is 86.5 Å². The molecule has 0 aliphatic carbocycles. The Morgan fingerprint density at radius 1 is 1.14 bits per heavy atom. The molecule has 8 heteroatoms. The number of nitrogens with two attached hydrogens (primary N) is 1. The van der Waals surface area contributed by atoms with E-state index in [0.29, 0.717) is 28.6 Å². The Balaban J connectivity index is 2.00. The van der Waals surface area contributed by atoms with Gasteiger partial charge < -0.3 is 10.5 Å². The molecule has 0 saturated heterocycles. The van der Waals surface area contributed by atoms with E-state index >= 15 is 0 Å². The predicted molar refractivity (Wildman–Crippen MR) is 118 cm³/mol. The van der Waals surface area contributed by atoms with Gasteiger partial charge in [-0.15, -0.1) is 0 Å². The summed E-state index contributed by atoms with van der Waals surface area (Å²) in [5.41, 5.74) is 7.14. The lowest BCUT2D eigenvalue weighted by Crippen LogP contribution is -2.51. The van der Waals surface area contributed by atoms with Crippen molar-refractivity contribution < 1.29 is 17.4 Å². The molecule has 0 fully saturated rings. The molecular weight excluding hydrogens is 408 g/mol. The highest BCUT2D eigenvalue weighted by atomic mass is 32.2. The largest absolute Gasteiger partial charge is 0.457 e. The Bertz CT molecular complexity index is 1080. The average Bonchev–Trinajstić information content (AvgIpc) is 2.74. The molecule has 1 aliphatic heterocycles. The van der Waals surface area contributed by atoms with E-state index in [1.807, 2.05) is 12.2 Å². The van der Waals surface area contributed by atoms with Crippen LogP contribution in [0.3, 0.4) is 0 Å². The van der Waals surface area contributed by atoms with Crippen molar-refractivity contribution in [3.05, 3.63) is 72.5 Å². The first-order valence-corrected chi connectivity index (χ1v) is 12.4. The standard InChI is InChI=1S/C21H25N2O4S2/c1-3-29(25,26)23(13-5-6-17(15-22)16-23)18-7-4-8-20(14-18)27-19-9-11-21(12-10-19)28(2)24/h4-12,14,16H,3,13,15,22H2,1-2H3/q+1. The van der Waals surface area contributed by atoms with E-state index in [4.69, 9.17) is 10.5 Å². The molecule has 2 unspecified atom stereocenters. The maximum atomic E-state index is 13.1. The van der Waals surface area contributed by atoms with Gasteiger partial charge in [0.1, 0.15) is 24.2 Å². The van der Waals surface area contributed by atoms with E-state index in [1.165, 1.54) is 0 Å². The van der Waals surface area contributed by atoms with E-state index in [9.17, 15) is 12.6 Å². The first-order valence-electron chi connectivity index (χ1n) is 9.22. The number of benzene rings is 2. The number of nitrogens with zero attached hydrogens (tertiary/aromatic N) is 1. The predicted octanol–water partition coefficient (Wildman–Crippen LogP) is 3.29. The van der Waals surface area contributed by atoms with Gasteiger partial charge in [-0.2, -0.15) is 12.3 Å². The number of quaternary nitrogens is 1.